The van der Waals surface area contributed by atoms with E-state index in [4.69, 9.17) is 25.8 Å². The number of rotatable bonds is 9. The molecule has 172 valence electrons. The van der Waals surface area contributed by atoms with Gasteiger partial charge in [0.15, 0.2) is 21.3 Å². The maximum Gasteiger partial charge on any atom is 0.311 e. The maximum absolute atomic E-state index is 11.7. The zero-order valence-corrected chi connectivity index (χ0v) is 18.5. The van der Waals surface area contributed by atoms with Crippen LogP contribution in [0.2, 0.25) is 5.02 Å². The molecule has 0 N–H and O–H groups in total. The quantitative estimate of drug-likeness (QED) is 0.324. The molecule has 3 aromatic carbocycles. The molecule has 10 nitrogen and oxygen atoms in total. The van der Waals surface area contributed by atoms with Gasteiger partial charge in [-0.3, -0.25) is 10.1 Å². The number of benzene rings is 3. The third kappa shape index (κ3) is 6.11. The molecule has 3 aromatic rings. The number of hydrogen-bond donors (Lipinski definition) is 0. The number of ether oxygens (including phenoxy) is 3. The number of carboxylic acid groups (broad SMARTS) is 1. The predicted octanol–water partition coefficient (Wildman–Crippen LogP) is 3.37. The first-order chi connectivity index (χ1) is 15.5. The van der Waals surface area contributed by atoms with Crippen LogP contribution in [0.3, 0.4) is 0 Å². The average molecular weight is 493 g/mol. The summed E-state index contributed by atoms with van der Waals surface area (Å²) in [7, 11) is -3.47. The summed E-state index contributed by atoms with van der Waals surface area (Å²) in [5, 5.41) is 22.2. The number of carbonyl (C=O) groups excluding carboxylic acids is 1. The van der Waals surface area contributed by atoms with E-state index < -0.39 is 33.0 Å². The molecular formula is C21H15ClNO9S-. The Morgan fingerprint density at radius 2 is 1.67 bits per heavy atom. The van der Waals surface area contributed by atoms with Crippen LogP contribution >= 0.6 is 11.6 Å². The Kier molecular flexibility index (Phi) is 7.04. The number of nitro benzene ring substituents is 1. The third-order valence-corrected chi connectivity index (χ3v) is 5.51. The van der Waals surface area contributed by atoms with Gasteiger partial charge < -0.3 is 24.1 Å². The Bertz CT molecular complexity index is 1330. The molecule has 12 heteroatoms. The zero-order valence-electron chi connectivity index (χ0n) is 16.9. The first kappa shape index (κ1) is 23.8. The highest BCUT2D eigenvalue weighted by molar-refractivity contribution is 7.90. The van der Waals surface area contributed by atoms with Crippen molar-refractivity contribution >= 4 is 33.1 Å². The molecule has 0 aliphatic carbocycles. The van der Waals surface area contributed by atoms with Crippen LogP contribution in [0, 0.1) is 10.1 Å². The van der Waals surface area contributed by atoms with Crippen molar-refractivity contribution in [3.05, 3.63) is 75.8 Å². The number of carbonyl (C=O) groups is 1. The van der Waals surface area contributed by atoms with Crippen LogP contribution in [0.15, 0.2) is 65.6 Å². The zero-order chi connectivity index (χ0) is 24.2. The van der Waals surface area contributed by atoms with Crippen molar-refractivity contribution in [2.24, 2.45) is 0 Å². The Hall–Kier alpha value is -3.83. The van der Waals surface area contributed by atoms with Crippen molar-refractivity contribution in [2.75, 3.05) is 12.9 Å². The van der Waals surface area contributed by atoms with Crippen molar-refractivity contribution < 1.29 is 37.5 Å². The standard InChI is InChI=1S/C21H16ClNO9S/c1-33(28,29)14-7-9-17(15(22)11-14)31-13-6-8-16(23(26)27)20(10-13)32-19-5-3-2-4-18(19)30-12-21(24)25/h2-11H,12H2,1H3,(H,24,25)/p-1. The third-order valence-electron chi connectivity index (χ3n) is 4.10. The van der Waals surface area contributed by atoms with Gasteiger partial charge in [0.05, 0.1) is 20.8 Å². The molecule has 0 radical (unpaired) electrons. The van der Waals surface area contributed by atoms with Gasteiger partial charge in [-0.1, -0.05) is 23.7 Å². The first-order valence-corrected chi connectivity index (χ1v) is 11.4. The van der Waals surface area contributed by atoms with Crippen molar-refractivity contribution in [3.8, 4) is 28.7 Å². The lowest BCUT2D eigenvalue weighted by Gasteiger charge is -2.14. The molecule has 0 amide bonds. The number of nitrogens with zero attached hydrogens (tertiary/aromatic N) is 1. The van der Waals surface area contributed by atoms with Crippen molar-refractivity contribution in [2.45, 2.75) is 4.90 Å². The molecule has 33 heavy (non-hydrogen) atoms. The Balaban J connectivity index is 1.93. The van der Waals surface area contributed by atoms with Crippen molar-refractivity contribution in [1.82, 2.24) is 0 Å². The van der Waals surface area contributed by atoms with E-state index in [0.717, 1.165) is 12.3 Å². The van der Waals surface area contributed by atoms with Gasteiger partial charge in [0.1, 0.15) is 18.1 Å². The van der Waals surface area contributed by atoms with Crippen LogP contribution < -0.4 is 19.3 Å². The smallest absolute Gasteiger partial charge is 0.311 e. The lowest BCUT2D eigenvalue weighted by molar-refractivity contribution is -0.385. The molecule has 0 atom stereocenters. The van der Waals surface area contributed by atoms with E-state index in [-0.39, 0.29) is 38.7 Å². The fraction of sp³-hybridized carbons (Fsp3) is 0.0952. The van der Waals surface area contributed by atoms with Gasteiger partial charge in [0.25, 0.3) is 0 Å². The average Bonchev–Trinajstić information content (AvgIpc) is 2.73. The monoisotopic (exact) mass is 492 g/mol. The number of aliphatic carboxylic acids is 1. The summed E-state index contributed by atoms with van der Waals surface area (Å²) in [6, 6.07) is 13.6. The molecule has 0 unspecified atom stereocenters. The van der Waals surface area contributed by atoms with Gasteiger partial charge in [-0.15, -0.1) is 0 Å². The summed E-state index contributed by atoms with van der Waals surface area (Å²) < 4.78 is 39.7. The van der Waals surface area contributed by atoms with Gasteiger partial charge in [-0.2, -0.15) is 0 Å². The van der Waals surface area contributed by atoms with E-state index in [1.165, 1.54) is 42.5 Å². The van der Waals surface area contributed by atoms with Crippen LogP contribution in [-0.2, 0) is 14.6 Å². The summed E-state index contributed by atoms with van der Waals surface area (Å²) in [5.74, 6) is -1.40. The molecular weight excluding hydrogens is 478 g/mol. The molecule has 0 heterocycles. The number of nitro groups is 1. The van der Waals surface area contributed by atoms with E-state index in [1.807, 2.05) is 0 Å². The van der Waals surface area contributed by atoms with Gasteiger partial charge in [-0.25, -0.2) is 8.42 Å². The van der Waals surface area contributed by atoms with E-state index in [1.54, 1.807) is 12.1 Å². The summed E-state index contributed by atoms with van der Waals surface area (Å²) >= 11 is 6.12. The normalized spacial score (nSPS) is 11.0. The Labute approximate surface area is 193 Å². The van der Waals surface area contributed by atoms with Crippen LogP contribution in [0.4, 0.5) is 5.69 Å². The van der Waals surface area contributed by atoms with E-state index in [9.17, 15) is 28.4 Å². The van der Waals surface area contributed by atoms with E-state index in [2.05, 4.69) is 0 Å². The minimum Gasteiger partial charge on any atom is -0.546 e. The maximum atomic E-state index is 11.7. The highest BCUT2D eigenvalue weighted by atomic mass is 35.5. The second-order valence-corrected chi connectivity index (χ2v) is 8.99. The highest BCUT2D eigenvalue weighted by Gasteiger charge is 2.20. The number of sulfone groups is 1. The molecule has 0 saturated heterocycles. The number of para-hydroxylation sites is 2. The molecule has 0 fully saturated rings. The molecule has 0 bridgehead atoms. The molecule has 3 rings (SSSR count). The van der Waals surface area contributed by atoms with Crippen LogP contribution in [0.25, 0.3) is 0 Å². The summed E-state index contributed by atoms with van der Waals surface area (Å²) in [6.07, 6.45) is 1.04. The minimum absolute atomic E-state index is 0.000685. The van der Waals surface area contributed by atoms with Gasteiger partial charge >= 0.3 is 5.69 Å². The first-order valence-electron chi connectivity index (χ1n) is 9.10. The van der Waals surface area contributed by atoms with Crippen molar-refractivity contribution in [1.29, 1.82) is 0 Å². The fourth-order valence-corrected chi connectivity index (χ4v) is 3.55. The number of hydrogen-bond acceptors (Lipinski definition) is 9. The SMILES string of the molecule is CS(=O)(=O)c1ccc(Oc2ccc([N+](=O)[O-])c(Oc3ccccc3OCC(=O)[O-])c2)c(Cl)c1. The van der Waals surface area contributed by atoms with E-state index in [0.29, 0.717) is 0 Å². The lowest BCUT2D eigenvalue weighted by atomic mass is 10.2. The Morgan fingerprint density at radius 3 is 2.27 bits per heavy atom. The molecule has 0 spiro atoms. The van der Waals surface area contributed by atoms with Crippen LogP contribution in [0.5, 0.6) is 28.7 Å². The topological polar surface area (TPSA) is 145 Å². The van der Waals surface area contributed by atoms with Gasteiger partial charge in [0, 0.05) is 18.4 Å². The number of halogens is 1. The largest absolute Gasteiger partial charge is 0.546 e. The fourth-order valence-electron chi connectivity index (χ4n) is 2.62. The second kappa shape index (κ2) is 9.76. The lowest BCUT2D eigenvalue weighted by Crippen LogP contribution is -2.29. The molecule has 0 aromatic heterocycles. The van der Waals surface area contributed by atoms with Crippen molar-refractivity contribution in [3.63, 3.8) is 0 Å². The van der Waals surface area contributed by atoms with Gasteiger partial charge in [-0.05, 0) is 36.4 Å². The number of carboxylic acids is 1. The van der Waals surface area contributed by atoms with Crippen LogP contribution in [-0.4, -0.2) is 32.2 Å². The predicted molar refractivity (Wildman–Crippen MR) is 115 cm³/mol. The summed E-state index contributed by atoms with van der Waals surface area (Å²) in [6.45, 7) is -0.742. The second-order valence-electron chi connectivity index (χ2n) is 6.56. The molecule has 0 aliphatic heterocycles. The van der Waals surface area contributed by atoms with Gasteiger partial charge in [0.2, 0.25) is 5.75 Å². The van der Waals surface area contributed by atoms with Crippen LogP contribution in [0.1, 0.15) is 0 Å². The summed E-state index contributed by atoms with van der Waals surface area (Å²) in [5.41, 5.74) is -0.393. The molecule has 0 saturated carbocycles. The Morgan fingerprint density at radius 1 is 0.970 bits per heavy atom. The molecule has 0 aliphatic rings. The summed E-state index contributed by atoms with van der Waals surface area (Å²) in [4.78, 5) is 21.5. The van der Waals surface area contributed by atoms with E-state index >= 15 is 0 Å². The highest BCUT2D eigenvalue weighted by Crippen LogP contribution is 2.40. The minimum atomic E-state index is -3.47.